The first-order valence-electron chi connectivity index (χ1n) is 9.94. The molecule has 0 saturated carbocycles. The Morgan fingerprint density at radius 2 is 1.77 bits per heavy atom. The number of nitrogens with one attached hydrogen (secondary N) is 1. The van der Waals surface area contributed by atoms with Crippen molar-refractivity contribution < 1.29 is 23.7 Å². The topological polar surface area (TPSA) is 78.4 Å². The van der Waals surface area contributed by atoms with Gasteiger partial charge in [0.2, 0.25) is 0 Å². The molecule has 8 heteroatoms. The van der Waals surface area contributed by atoms with E-state index in [0.29, 0.717) is 35.3 Å². The Kier molecular flexibility index (Phi) is 9.00. The lowest BCUT2D eigenvalue weighted by Gasteiger charge is -2.19. The zero-order valence-corrected chi connectivity index (χ0v) is 19.3. The number of amides is 1. The van der Waals surface area contributed by atoms with Crippen LogP contribution in [0.25, 0.3) is 0 Å². The molecule has 2 aromatic rings. The Labute approximate surface area is 188 Å². The maximum atomic E-state index is 11.1. The van der Waals surface area contributed by atoms with Crippen molar-refractivity contribution in [3.8, 4) is 17.2 Å². The van der Waals surface area contributed by atoms with Gasteiger partial charge in [-0.15, -0.1) is 0 Å². The summed E-state index contributed by atoms with van der Waals surface area (Å²) in [6.07, 6.45) is 0.764. The summed E-state index contributed by atoms with van der Waals surface area (Å²) in [5.74, 6) is 1.68. The molecule has 0 aliphatic carbocycles. The van der Waals surface area contributed by atoms with Crippen LogP contribution in [0.5, 0.6) is 17.2 Å². The van der Waals surface area contributed by atoms with E-state index in [1.807, 2.05) is 19.1 Å². The number of benzene rings is 2. The minimum absolute atomic E-state index is 0.0975. The fourth-order valence-electron chi connectivity index (χ4n) is 2.63. The molecule has 168 valence electrons. The summed E-state index contributed by atoms with van der Waals surface area (Å²) in [5.41, 5.74) is 4.19. The second-order valence-corrected chi connectivity index (χ2v) is 8.00. The van der Waals surface area contributed by atoms with E-state index < -0.39 is 6.09 Å². The summed E-state index contributed by atoms with van der Waals surface area (Å²) in [6, 6.07) is 11.4. The number of nitrogens with zero attached hydrogens (tertiary/aromatic N) is 1. The van der Waals surface area contributed by atoms with Crippen molar-refractivity contribution in [1.29, 1.82) is 0 Å². The predicted octanol–water partition coefficient (Wildman–Crippen LogP) is 5.18. The average Bonchev–Trinajstić information content (AvgIpc) is 2.72. The highest BCUT2D eigenvalue weighted by atomic mass is 35.5. The van der Waals surface area contributed by atoms with E-state index in [1.165, 1.54) is 18.9 Å². The minimum Gasteiger partial charge on any atom is -0.490 e. The van der Waals surface area contributed by atoms with Crippen LogP contribution in [0.2, 0.25) is 5.02 Å². The van der Waals surface area contributed by atoms with E-state index in [4.69, 9.17) is 25.8 Å². The van der Waals surface area contributed by atoms with E-state index in [9.17, 15) is 4.79 Å². The Morgan fingerprint density at radius 3 is 2.39 bits per heavy atom. The zero-order chi connectivity index (χ0) is 22.9. The molecule has 2 aromatic carbocycles. The molecule has 31 heavy (non-hydrogen) atoms. The minimum atomic E-state index is -0.666. The summed E-state index contributed by atoms with van der Waals surface area (Å²) in [4.78, 5) is 11.1. The van der Waals surface area contributed by atoms with Crippen molar-refractivity contribution >= 4 is 23.9 Å². The highest BCUT2D eigenvalue weighted by Crippen LogP contribution is 2.36. The van der Waals surface area contributed by atoms with Gasteiger partial charge in [0.25, 0.3) is 0 Å². The highest BCUT2D eigenvalue weighted by Gasteiger charge is 2.14. The first-order chi connectivity index (χ1) is 14.7. The number of carbonyl (C=O) groups is 1. The molecule has 2 rings (SSSR count). The number of carbonyl (C=O) groups excluding carboxylic acids is 1. The van der Waals surface area contributed by atoms with Gasteiger partial charge in [-0.3, -0.25) is 0 Å². The number of ether oxygens (including phenoxy) is 4. The monoisotopic (exact) mass is 448 g/mol. The summed E-state index contributed by atoms with van der Waals surface area (Å²) in [5, 5.41) is 4.15. The van der Waals surface area contributed by atoms with Gasteiger partial charge in [-0.1, -0.05) is 44.5 Å². The van der Waals surface area contributed by atoms with Crippen molar-refractivity contribution in [2.24, 2.45) is 5.10 Å². The standard InChI is InChI=1S/C23H29ClN2O5/c1-6-29-20-14-16(15-25-26-22(27)28-5)13-19(24)21(20)31-12-11-30-18-9-7-17(8-10-18)23(2,3)4/h7-10,13-15H,6,11-12H2,1-5H3,(H,26,27). The lowest BCUT2D eigenvalue weighted by Crippen LogP contribution is -2.16. The molecular formula is C23H29ClN2O5. The van der Waals surface area contributed by atoms with Crippen LogP contribution in [-0.4, -0.2) is 39.2 Å². The Hall–Kier alpha value is -2.93. The second kappa shape index (κ2) is 11.5. The van der Waals surface area contributed by atoms with Crippen LogP contribution in [-0.2, 0) is 10.2 Å². The molecule has 1 amide bonds. The van der Waals surface area contributed by atoms with E-state index in [2.05, 4.69) is 48.2 Å². The van der Waals surface area contributed by atoms with Gasteiger partial charge in [-0.2, -0.15) is 5.10 Å². The fraction of sp³-hybridized carbons (Fsp3) is 0.391. The third kappa shape index (κ3) is 7.68. The molecule has 0 spiro atoms. The van der Waals surface area contributed by atoms with Gasteiger partial charge in [0.1, 0.15) is 19.0 Å². The SMILES string of the molecule is CCOc1cc(C=NNC(=O)OC)cc(Cl)c1OCCOc1ccc(C(C)(C)C)cc1. The number of hydrogen-bond donors (Lipinski definition) is 1. The third-order valence-electron chi connectivity index (χ3n) is 4.21. The predicted molar refractivity (Wildman–Crippen MR) is 122 cm³/mol. The van der Waals surface area contributed by atoms with E-state index in [0.717, 1.165) is 5.75 Å². The lowest BCUT2D eigenvalue weighted by molar-refractivity contribution is 0.171. The summed E-state index contributed by atoms with van der Waals surface area (Å²) < 4.78 is 21.7. The smallest absolute Gasteiger partial charge is 0.427 e. The summed E-state index contributed by atoms with van der Waals surface area (Å²) >= 11 is 6.38. The molecule has 0 fully saturated rings. The maximum absolute atomic E-state index is 11.1. The van der Waals surface area contributed by atoms with Gasteiger partial charge in [0, 0.05) is 0 Å². The molecule has 0 aliphatic heterocycles. The van der Waals surface area contributed by atoms with Crippen molar-refractivity contribution in [1.82, 2.24) is 5.43 Å². The van der Waals surface area contributed by atoms with E-state index in [1.54, 1.807) is 12.1 Å². The molecule has 0 saturated heterocycles. The summed E-state index contributed by atoms with van der Waals surface area (Å²) in [7, 11) is 1.26. The third-order valence-corrected chi connectivity index (χ3v) is 4.49. The van der Waals surface area contributed by atoms with Crippen LogP contribution >= 0.6 is 11.6 Å². The molecular weight excluding hydrogens is 420 g/mol. The lowest BCUT2D eigenvalue weighted by atomic mass is 9.87. The normalized spacial score (nSPS) is 11.3. The highest BCUT2D eigenvalue weighted by molar-refractivity contribution is 6.32. The first-order valence-corrected chi connectivity index (χ1v) is 10.3. The zero-order valence-electron chi connectivity index (χ0n) is 18.5. The molecule has 0 unspecified atom stereocenters. The number of hydrogen-bond acceptors (Lipinski definition) is 6. The number of hydrazone groups is 1. The van der Waals surface area contributed by atoms with Crippen molar-refractivity contribution in [2.45, 2.75) is 33.1 Å². The number of methoxy groups -OCH3 is 1. The van der Waals surface area contributed by atoms with Gasteiger partial charge in [0.05, 0.1) is 25.0 Å². The van der Waals surface area contributed by atoms with Crippen molar-refractivity contribution in [2.75, 3.05) is 26.9 Å². The Balaban J connectivity index is 1.98. The van der Waals surface area contributed by atoms with Crippen LogP contribution in [0.4, 0.5) is 4.79 Å². The second-order valence-electron chi connectivity index (χ2n) is 7.60. The largest absolute Gasteiger partial charge is 0.490 e. The summed E-state index contributed by atoms with van der Waals surface area (Å²) in [6.45, 7) is 9.45. The quantitative estimate of drug-likeness (QED) is 0.324. The maximum Gasteiger partial charge on any atom is 0.427 e. The molecule has 0 bridgehead atoms. The van der Waals surface area contributed by atoms with E-state index >= 15 is 0 Å². The van der Waals surface area contributed by atoms with Crippen molar-refractivity contribution in [3.63, 3.8) is 0 Å². The van der Waals surface area contributed by atoms with Gasteiger partial charge in [-0.05, 0) is 47.7 Å². The molecule has 0 heterocycles. The number of halogens is 1. The van der Waals surface area contributed by atoms with Crippen LogP contribution in [0.15, 0.2) is 41.5 Å². The van der Waals surface area contributed by atoms with Crippen LogP contribution in [0.3, 0.4) is 0 Å². The molecule has 0 aromatic heterocycles. The molecule has 0 radical (unpaired) electrons. The Morgan fingerprint density at radius 1 is 1.10 bits per heavy atom. The van der Waals surface area contributed by atoms with Gasteiger partial charge in [-0.25, -0.2) is 10.2 Å². The average molecular weight is 449 g/mol. The number of rotatable bonds is 9. The van der Waals surface area contributed by atoms with Crippen molar-refractivity contribution in [3.05, 3.63) is 52.5 Å². The van der Waals surface area contributed by atoms with Gasteiger partial charge < -0.3 is 18.9 Å². The molecule has 0 aliphatic rings. The van der Waals surface area contributed by atoms with Crippen LogP contribution < -0.4 is 19.6 Å². The van der Waals surface area contributed by atoms with Crippen LogP contribution in [0, 0.1) is 0 Å². The van der Waals surface area contributed by atoms with Crippen LogP contribution in [0.1, 0.15) is 38.8 Å². The Bertz CT molecular complexity index is 892. The van der Waals surface area contributed by atoms with Gasteiger partial charge >= 0.3 is 6.09 Å². The first kappa shape index (κ1) is 24.3. The fourth-order valence-corrected chi connectivity index (χ4v) is 2.90. The molecule has 1 N–H and O–H groups in total. The molecule has 7 nitrogen and oxygen atoms in total. The molecule has 0 atom stereocenters. The van der Waals surface area contributed by atoms with Gasteiger partial charge in [0.15, 0.2) is 11.5 Å². The van der Waals surface area contributed by atoms with E-state index in [-0.39, 0.29) is 12.0 Å².